The average Bonchev–Trinajstić information content (AvgIpc) is 3.67. The van der Waals surface area contributed by atoms with Crippen molar-refractivity contribution in [3.63, 3.8) is 0 Å². The monoisotopic (exact) mass is 532 g/mol. The molecule has 0 radical (unpaired) electrons. The van der Waals surface area contributed by atoms with E-state index < -0.39 is 6.04 Å². The smallest absolute Gasteiger partial charge is 0.253 e. The molecule has 40 heavy (non-hydrogen) atoms. The number of ether oxygens (including phenoxy) is 1. The Morgan fingerprint density at radius 3 is 2.42 bits per heavy atom. The number of methoxy groups -OCH3 is 1. The highest BCUT2D eigenvalue weighted by atomic mass is 16.5. The van der Waals surface area contributed by atoms with Gasteiger partial charge in [0.1, 0.15) is 17.6 Å². The Morgan fingerprint density at radius 1 is 0.925 bits per heavy atom. The standard InChI is InChI=1S/C31H28N6O3/c1-39-25-15-14-24-17-27(31(38)32-28(24)18-25)29(30-33-34-35-37(30)20-23-11-6-3-7-12-23)36(21-26-13-8-16-40-26)19-22-9-4-2-5-10-22/h2-18,29H,19-21H2,1H3,(H,32,38)/t29-/m0/s1. The van der Waals surface area contributed by atoms with Gasteiger partial charge in [0.05, 0.1) is 32.0 Å². The summed E-state index contributed by atoms with van der Waals surface area (Å²) in [6, 6.07) is 30.9. The molecule has 0 aliphatic carbocycles. The van der Waals surface area contributed by atoms with Gasteiger partial charge in [-0.05, 0) is 57.3 Å². The highest BCUT2D eigenvalue weighted by Gasteiger charge is 2.31. The van der Waals surface area contributed by atoms with E-state index in [-0.39, 0.29) is 5.56 Å². The van der Waals surface area contributed by atoms with Crippen molar-refractivity contribution in [3.05, 3.63) is 142 Å². The summed E-state index contributed by atoms with van der Waals surface area (Å²) in [7, 11) is 1.60. The van der Waals surface area contributed by atoms with Gasteiger partial charge in [-0.25, -0.2) is 4.68 Å². The third-order valence-corrected chi connectivity index (χ3v) is 6.89. The Bertz CT molecular complexity index is 1750. The SMILES string of the molecule is COc1ccc2cc([C@@H](c3nnnn3Cc3ccccc3)N(Cc3ccccc3)Cc3ccco3)c(=O)[nH]c2c1. The van der Waals surface area contributed by atoms with Crippen molar-refractivity contribution in [2.45, 2.75) is 25.7 Å². The molecule has 0 saturated carbocycles. The predicted octanol–water partition coefficient (Wildman–Crippen LogP) is 4.96. The first-order valence-corrected chi connectivity index (χ1v) is 13.0. The lowest BCUT2D eigenvalue weighted by Gasteiger charge is -2.30. The molecule has 6 aromatic rings. The van der Waals surface area contributed by atoms with Crippen LogP contribution in [0.5, 0.6) is 5.75 Å². The van der Waals surface area contributed by atoms with Crippen molar-refractivity contribution < 1.29 is 9.15 Å². The fourth-order valence-corrected chi connectivity index (χ4v) is 4.96. The number of aromatic amines is 1. The number of H-pyrrole nitrogens is 1. The molecular formula is C31H28N6O3. The number of benzene rings is 3. The molecule has 200 valence electrons. The van der Waals surface area contributed by atoms with E-state index in [0.717, 1.165) is 22.3 Å². The summed E-state index contributed by atoms with van der Waals surface area (Å²) in [6.07, 6.45) is 1.65. The van der Waals surface area contributed by atoms with Crippen LogP contribution >= 0.6 is 0 Å². The normalized spacial score (nSPS) is 12.2. The first-order valence-electron chi connectivity index (χ1n) is 13.0. The number of rotatable bonds is 10. The second-order valence-electron chi connectivity index (χ2n) is 9.56. The zero-order valence-corrected chi connectivity index (χ0v) is 22.0. The molecule has 1 N–H and O–H groups in total. The number of pyridine rings is 1. The summed E-state index contributed by atoms with van der Waals surface area (Å²) in [4.78, 5) is 19.0. The largest absolute Gasteiger partial charge is 0.497 e. The van der Waals surface area contributed by atoms with Crippen LogP contribution in [0.4, 0.5) is 0 Å². The van der Waals surface area contributed by atoms with Gasteiger partial charge in [-0.2, -0.15) is 0 Å². The lowest BCUT2D eigenvalue weighted by atomic mass is 10.0. The minimum absolute atomic E-state index is 0.225. The molecule has 0 bridgehead atoms. The quantitative estimate of drug-likeness (QED) is 0.266. The van der Waals surface area contributed by atoms with Crippen molar-refractivity contribution in [1.29, 1.82) is 0 Å². The van der Waals surface area contributed by atoms with E-state index in [9.17, 15) is 4.79 Å². The Morgan fingerprint density at radius 2 is 1.70 bits per heavy atom. The maximum atomic E-state index is 13.8. The minimum Gasteiger partial charge on any atom is -0.497 e. The van der Waals surface area contributed by atoms with Gasteiger partial charge in [-0.1, -0.05) is 60.7 Å². The number of tetrazole rings is 1. The maximum Gasteiger partial charge on any atom is 0.253 e. The van der Waals surface area contributed by atoms with E-state index in [2.05, 4.69) is 37.5 Å². The van der Waals surface area contributed by atoms with Crippen LogP contribution < -0.4 is 10.3 Å². The summed E-state index contributed by atoms with van der Waals surface area (Å²) in [5.41, 5.74) is 3.14. The van der Waals surface area contributed by atoms with E-state index >= 15 is 0 Å². The van der Waals surface area contributed by atoms with Gasteiger partial charge in [0.25, 0.3) is 5.56 Å². The van der Waals surface area contributed by atoms with Crippen molar-refractivity contribution in [2.75, 3.05) is 7.11 Å². The second kappa shape index (κ2) is 11.4. The van der Waals surface area contributed by atoms with Crippen LogP contribution in [0.15, 0.2) is 113 Å². The third kappa shape index (κ3) is 5.41. The lowest BCUT2D eigenvalue weighted by Crippen LogP contribution is -2.34. The number of furan rings is 1. The van der Waals surface area contributed by atoms with Gasteiger partial charge in [0.2, 0.25) is 0 Å². The molecule has 9 heteroatoms. The number of nitrogens with one attached hydrogen (secondary N) is 1. The molecule has 0 fully saturated rings. The van der Waals surface area contributed by atoms with Gasteiger partial charge in [-0.3, -0.25) is 9.69 Å². The summed E-state index contributed by atoms with van der Waals surface area (Å²) in [6.45, 7) is 1.43. The van der Waals surface area contributed by atoms with Crippen LogP contribution in [0.2, 0.25) is 0 Å². The number of hydrogen-bond donors (Lipinski definition) is 1. The van der Waals surface area contributed by atoms with Crippen molar-refractivity contribution in [3.8, 4) is 5.75 Å². The van der Waals surface area contributed by atoms with E-state index in [4.69, 9.17) is 9.15 Å². The minimum atomic E-state index is -0.584. The van der Waals surface area contributed by atoms with E-state index in [1.165, 1.54) is 0 Å². The summed E-state index contributed by atoms with van der Waals surface area (Å²) >= 11 is 0. The zero-order valence-electron chi connectivity index (χ0n) is 22.0. The molecule has 9 nitrogen and oxygen atoms in total. The first-order chi connectivity index (χ1) is 19.7. The van der Waals surface area contributed by atoms with Gasteiger partial charge in [0, 0.05) is 18.2 Å². The molecule has 0 saturated heterocycles. The van der Waals surface area contributed by atoms with Gasteiger partial charge < -0.3 is 14.1 Å². The van der Waals surface area contributed by atoms with Gasteiger partial charge in [0.15, 0.2) is 5.82 Å². The number of nitrogens with zero attached hydrogens (tertiary/aromatic N) is 5. The Balaban J connectivity index is 1.51. The number of aromatic nitrogens is 5. The maximum absolute atomic E-state index is 13.8. The molecule has 1 atom stereocenters. The second-order valence-corrected chi connectivity index (χ2v) is 9.56. The molecule has 3 aromatic heterocycles. The summed E-state index contributed by atoms with van der Waals surface area (Å²) in [5.74, 6) is 2.00. The van der Waals surface area contributed by atoms with Gasteiger partial charge >= 0.3 is 0 Å². The van der Waals surface area contributed by atoms with E-state index in [1.54, 1.807) is 18.1 Å². The average molecular weight is 533 g/mol. The first kappa shape index (κ1) is 25.3. The fraction of sp³-hybridized carbons (Fsp3) is 0.161. The Kier molecular flexibility index (Phi) is 7.19. The van der Waals surface area contributed by atoms with Crippen molar-refractivity contribution >= 4 is 10.9 Å². The Hall–Kier alpha value is -5.02. The molecule has 0 amide bonds. The molecule has 3 aromatic carbocycles. The highest BCUT2D eigenvalue weighted by Crippen LogP contribution is 2.31. The van der Waals surface area contributed by atoms with E-state index in [0.29, 0.717) is 42.3 Å². The lowest BCUT2D eigenvalue weighted by molar-refractivity contribution is 0.179. The number of fused-ring (bicyclic) bond motifs is 1. The van der Waals surface area contributed by atoms with Crippen LogP contribution in [-0.2, 0) is 19.6 Å². The van der Waals surface area contributed by atoms with Crippen LogP contribution in [0.3, 0.4) is 0 Å². The highest BCUT2D eigenvalue weighted by molar-refractivity contribution is 5.80. The Labute approximate surface area is 230 Å². The summed E-state index contributed by atoms with van der Waals surface area (Å²) < 4.78 is 12.9. The molecular weight excluding hydrogens is 504 g/mol. The fourth-order valence-electron chi connectivity index (χ4n) is 4.96. The zero-order chi connectivity index (χ0) is 27.3. The molecule has 0 spiro atoms. The predicted molar refractivity (Wildman–Crippen MR) is 151 cm³/mol. The molecule has 0 unspecified atom stereocenters. The molecule has 0 aliphatic heterocycles. The van der Waals surface area contributed by atoms with E-state index in [1.807, 2.05) is 84.9 Å². The molecule has 6 rings (SSSR count). The van der Waals surface area contributed by atoms with Gasteiger partial charge in [-0.15, -0.1) is 5.10 Å². The summed E-state index contributed by atoms with van der Waals surface area (Å²) in [5, 5.41) is 13.7. The number of hydrogen-bond acceptors (Lipinski definition) is 7. The molecule has 0 aliphatic rings. The van der Waals surface area contributed by atoms with Crippen LogP contribution in [0, 0.1) is 0 Å². The van der Waals surface area contributed by atoms with Crippen molar-refractivity contribution in [1.82, 2.24) is 30.1 Å². The third-order valence-electron chi connectivity index (χ3n) is 6.89. The van der Waals surface area contributed by atoms with Crippen LogP contribution in [0.25, 0.3) is 10.9 Å². The topological polar surface area (TPSA) is 102 Å². The molecule has 3 heterocycles. The van der Waals surface area contributed by atoms with Crippen molar-refractivity contribution in [2.24, 2.45) is 0 Å². The van der Waals surface area contributed by atoms with Crippen LogP contribution in [0.1, 0.15) is 34.3 Å². The van der Waals surface area contributed by atoms with Crippen LogP contribution in [-0.4, -0.2) is 37.2 Å².